The molecule has 0 amide bonds. The third-order valence-electron chi connectivity index (χ3n) is 5.98. The molecule has 152 valence electrons. The lowest BCUT2D eigenvalue weighted by Crippen LogP contribution is -2.36. The topological polar surface area (TPSA) is 97.5 Å². The minimum atomic E-state index is -3.84. The van der Waals surface area contributed by atoms with Crippen LogP contribution in [0, 0.1) is 34.6 Å². The SMILES string of the molecule is Cc1c(C)c(C)c(S(=O)(=O)N2c3ccc(S(N)(=O)=O)cc3CC2C)c(C)c1C. The maximum Gasteiger partial charge on any atom is 0.265 e. The van der Waals surface area contributed by atoms with Gasteiger partial charge in [-0.2, -0.15) is 0 Å². The molecule has 0 fully saturated rings. The average molecular weight is 423 g/mol. The summed E-state index contributed by atoms with van der Waals surface area (Å²) in [4.78, 5) is 0.329. The average Bonchev–Trinajstić information content (AvgIpc) is 2.93. The van der Waals surface area contributed by atoms with Crippen LogP contribution in [-0.2, 0) is 26.5 Å². The van der Waals surface area contributed by atoms with Crippen molar-refractivity contribution in [2.24, 2.45) is 5.14 Å². The molecule has 1 heterocycles. The minimum Gasteiger partial charge on any atom is -0.263 e. The highest BCUT2D eigenvalue weighted by molar-refractivity contribution is 7.93. The van der Waals surface area contributed by atoms with Gasteiger partial charge in [-0.15, -0.1) is 0 Å². The Kier molecular flexibility index (Phi) is 4.89. The molecule has 1 aliphatic heterocycles. The molecule has 0 aromatic heterocycles. The lowest BCUT2D eigenvalue weighted by atomic mass is 9.95. The van der Waals surface area contributed by atoms with Gasteiger partial charge in [-0.05, 0) is 99.5 Å². The van der Waals surface area contributed by atoms with Crippen molar-refractivity contribution in [3.8, 4) is 0 Å². The number of nitrogens with two attached hydrogens (primary N) is 1. The second-order valence-electron chi connectivity index (χ2n) is 7.64. The largest absolute Gasteiger partial charge is 0.265 e. The highest BCUT2D eigenvalue weighted by atomic mass is 32.2. The molecule has 1 aliphatic rings. The number of primary sulfonamides is 1. The summed E-state index contributed by atoms with van der Waals surface area (Å²) in [7, 11) is -7.66. The van der Waals surface area contributed by atoms with Crippen LogP contribution >= 0.6 is 0 Å². The summed E-state index contributed by atoms with van der Waals surface area (Å²) in [5.74, 6) is 0. The molecule has 0 saturated carbocycles. The van der Waals surface area contributed by atoms with Crippen molar-refractivity contribution in [2.45, 2.75) is 63.8 Å². The first-order chi connectivity index (χ1) is 12.8. The van der Waals surface area contributed by atoms with Gasteiger partial charge in [-0.25, -0.2) is 22.0 Å². The molecule has 6 nitrogen and oxygen atoms in total. The third kappa shape index (κ3) is 3.03. The van der Waals surface area contributed by atoms with Crippen LogP contribution in [0.4, 0.5) is 5.69 Å². The van der Waals surface area contributed by atoms with Crippen LogP contribution in [0.2, 0.25) is 0 Å². The van der Waals surface area contributed by atoms with Crippen molar-refractivity contribution in [3.63, 3.8) is 0 Å². The molecule has 1 unspecified atom stereocenters. The van der Waals surface area contributed by atoms with Crippen molar-refractivity contribution in [2.75, 3.05) is 4.31 Å². The third-order valence-corrected chi connectivity index (χ3v) is 9.09. The van der Waals surface area contributed by atoms with Crippen molar-refractivity contribution < 1.29 is 16.8 Å². The highest BCUT2D eigenvalue weighted by Crippen LogP contribution is 2.40. The van der Waals surface area contributed by atoms with E-state index in [1.165, 1.54) is 22.5 Å². The molecule has 8 heteroatoms. The fourth-order valence-corrected chi connectivity index (χ4v) is 6.90. The van der Waals surface area contributed by atoms with E-state index in [1.807, 2.05) is 41.5 Å². The predicted octanol–water partition coefficient (Wildman–Crippen LogP) is 3.02. The molecular formula is C20H26N2O4S2. The van der Waals surface area contributed by atoms with Gasteiger partial charge in [0, 0.05) is 6.04 Å². The van der Waals surface area contributed by atoms with Gasteiger partial charge in [0.2, 0.25) is 10.0 Å². The van der Waals surface area contributed by atoms with E-state index in [0.29, 0.717) is 22.6 Å². The fourth-order valence-electron chi connectivity index (χ4n) is 4.07. The normalized spacial score (nSPS) is 17.1. The molecule has 0 radical (unpaired) electrons. The fraction of sp³-hybridized carbons (Fsp3) is 0.400. The van der Waals surface area contributed by atoms with Crippen molar-refractivity contribution in [1.82, 2.24) is 0 Å². The van der Waals surface area contributed by atoms with E-state index in [2.05, 4.69) is 0 Å². The Morgan fingerprint density at radius 2 is 1.39 bits per heavy atom. The van der Waals surface area contributed by atoms with Crippen LogP contribution in [0.15, 0.2) is 28.0 Å². The lowest BCUT2D eigenvalue weighted by molar-refractivity contribution is 0.582. The zero-order chi connectivity index (χ0) is 21.2. The van der Waals surface area contributed by atoms with Crippen LogP contribution in [0.5, 0.6) is 0 Å². The first-order valence-corrected chi connectivity index (χ1v) is 12.0. The van der Waals surface area contributed by atoms with Crippen molar-refractivity contribution in [3.05, 3.63) is 51.6 Å². The standard InChI is InChI=1S/C20H26N2O4S2/c1-11-9-17-10-18(27(21,23)24)7-8-19(17)22(11)28(25,26)20-15(5)13(3)12(2)14(4)16(20)6/h7-8,10-11H,9H2,1-6H3,(H2,21,23,24). The summed E-state index contributed by atoms with van der Waals surface area (Å²) in [5.41, 5.74) is 5.72. The van der Waals surface area contributed by atoms with Gasteiger partial charge in [0.25, 0.3) is 10.0 Å². The highest BCUT2D eigenvalue weighted by Gasteiger charge is 2.38. The van der Waals surface area contributed by atoms with E-state index in [1.54, 1.807) is 0 Å². The molecule has 28 heavy (non-hydrogen) atoms. The van der Waals surface area contributed by atoms with Gasteiger partial charge in [-0.3, -0.25) is 4.31 Å². The van der Waals surface area contributed by atoms with Crippen LogP contribution < -0.4 is 9.44 Å². The number of sulfonamides is 2. The monoisotopic (exact) mass is 422 g/mol. The van der Waals surface area contributed by atoms with E-state index >= 15 is 0 Å². The van der Waals surface area contributed by atoms with E-state index in [9.17, 15) is 16.8 Å². The molecule has 0 bridgehead atoms. The zero-order valence-electron chi connectivity index (χ0n) is 17.0. The molecule has 2 N–H and O–H groups in total. The van der Waals surface area contributed by atoms with Crippen molar-refractivity contribution >= 4 is 25.7 Å². The van der Waals surface area contributed by atoms with Crippen molar-refractivity contribution in [1.29, 1.82) is 0 Å². The van der Waals surface area contributed by atoms with Crippen LogP contribution in [0.3, 0.4) is 0 Å². The Labute approximate surface area is 167 Å². The quantitative estimate of drug-likeness (QED) is 0.822. The maximum atomic E-state index is 13.7. The number of fused-ring (bicyclic) bond motifs is 1. The smallest absolute Gasteiger partial charge is 0.263 e. The molecule has 0 saturated heterocycles. The Bertz CT molecular complexity index is 1170. The molecular weight excluding hydrogens is 396 g/mol. The van der Waals surface area contributed by atoms with E-state index < -0.39 is 20.0 Å². The number of rotatable bonds is 3. The molecule has 0 spiro atoms. The summed E-state index contributed by atoms with van der Waals surface area (Å²) in [6, 6.07) is 4.05. The molecule has 3 rings (SSSR count). The second kappa shape index (κ2) is 6.57. The summed E-state index contributed by atoms with van der Waals surface area (Å²) < 4.78 is 52.2. The Hall–Kier alpha value is -1.90. The van der Waals surface area contributed by atoms with Gasteiger partial charge in [0.1, 0.15) is 0 Å². The summed E-state index contributed by atoms with van der Waals surface area (Å²) in [5, 5.41) is 5.22. The Morgan fingerprint density at radius 3 is 1.89 bits per heavy atom. The molecule has 1 atom stereocenters. The first kappa shape index (κ1) is 20.8. The predicted molar refractivity (Wildman–Crippen MR) is 111 cm³/mol. The molecule has 2 aromatic rings. The number of benzene rings is 2. The van der Waals surface area contributed by atoms with Gasteiger partial charge in [-0.1, -0.05) is 0 Å². The summed E-state index contributed by atoms with van der Waals surface area (Å²) in [6.45, 7) is 11.4. The first-order valence-electron chi connectivity index (χ1n) is 9.05. The number of anilines is 1. The number of hydrogen-bond acceptors (Lipinski definition) is 4. The Morgan fingerprint density at radius 1 is 0.893 bits per heavy atom. The van der Waals surface area contributed by atoms with Gasteiger partial charge < -0.3 is 0 Å². The van der Waals surface area contributed by atoms with Crippen LogP contribution in [0.1, 0.15) is 40.3 Å². The zero-order valence-corrected chi connectivity index (χ0v) is 18.6. The van der Waals surface area contributed by atoms with E-state index in [4.69, 9.17) is 5.14 Å². The second-order valence-corrected chi connectivity index (χ2v) is 11.0. The van der Waals surface area contributed by atoms with Gasteiger partial charge >= 0.3 is 0 Å². The van der Waals surface area contributed by atoms with Crippen LogP contribution in [0.25, 0.3) is 0 Å². The maximum absolute atomic E-state index is 13.7. The molecule has 0 aliphatic carbocycles. The number of nitrogens with zero attached hydrogens (tertiary/aromatic N) is 1. The molecule has 2 aromatic carbocycles. The summed E-state index contributed by atoms with van der Waals surface area (Å²) in [6.07, 6.45) is 0.430. The number of hydrogen-bond donors (Lipinski definition) is 1. The van der Waals surface area contributed by atoms with Gasteiger partial charge in [0.05, 0.1) is 15.5 Å². The lowest BCUT2D eigenvalue weighted by Gasteiger charge is -2.28. The van der Waals surface area contributed by atoms with E-state index in [0.717, 1.165) is 27.8 Å². The van der Waals surface area contributed by atoms with Crippen LogP contribution in [-0.4, -0.2) is 22.9 Å². The Balaban J connectivity index is 2.24. The van der Waals surface area contributed by atoms with E-state index in [-0.39, 0.29) is 10.9 Å². The minimum absolute atomic E-state index is 0.00733. The summed E-state index contributed by atoms with van der Waals surface area (Å²) >= 11 is 0. The van der Waals surface area contributed by atoms with Gasteiger partial charge in [0.15, 0.2) is 0 Å².